The molecule has 1 rings (SSSR count). The molecule has 0 spiro atoms. The fourth-order valence-corrected chi connectivity index (χ4v) is 1.75. The fourth-order valence-electron chi connectivity index (χ4n) is 1.75. The molecule has 1 aromatic rings. The van der Waals surface area contributed by atoms with E-state index in [0.717, 1.165) is 24.2 Å². The largest absolute Gasteiger partial charge is 0.341 e. The Bertz CT molecular complexity index is 390. The zero-order valence-corrected chi connectivity index (χ0v) is 11.4. The van der Waals surface area contributed by atoms with E-state index in [1.165, 1.54) is 0 Å². The number of hydrogen-bond acceptors (Lipinski definition) is 2. The van der Waals surface area contributed by atoms with E-state index in [1.807, 2.05) is 38.4 Å². The summed E-state index contributed by atoms with van der Waals surface area (Å²) in [5.74, 6) is 0. The summed E-state index contributed by atoms with van der Waals surface area (Å²) in [6, 6.07) is 7.61. The lowest BCUT2D eigenvalue weighted by atomic mass is 10.2. The number of rotatable bonds is 5. The molecule has 1 radical (unpaired) electrons. The maximum absolute atomic E-state index is 11.9. The quantitative estimate of drug-likeness (QED) is 0.864. The van der Waals surface area contributed by atoms with Gasteiger partial charge in [0.1, 0.15) is 0 Å². The Labute approximate surface area is 110 Å². The molecule has 0 bridgehead atoms. The summed E-state index contributed by atoms with van der Waals surface area (Å²) < 4.78 is 0. The molecule has 1 aromatic carbocycles. The first-order valence-corrected chi connectivity index (χ1v) is 6.10. The number of carbonyl (C=O) groups is 1. The van der Waals surface area contributed by atoms with E-state index in [2.05, 4.69) is 17.1 Å². The van der Waals surface area contributed by atoms with Gasteiger partial charge < -0.3 is 10.2 Å². The zero-order chi connectivity index (χ0) is 13.5. The molecular formula is C14H22N3O. The highest BCUT2D eigenvalue weighted by atomic mass is 16.2. The summed E-state index contributed by atoms with van der Waals surface area (Å²) in [6.07, 6.45) is 0.932. The van der Waals surface area contributed by atoms with Crippen molar-refractivity contribution in [3.8, 4) is 0 Å². The van der Waals surface area contributed by atoms with Crippen LogP contribution in [0, 0.1) is 6.92 Å². The van der Waals surface area contributed by atoms with Crippen LogP contribution < -0.4 is 10.2 Å². The second-order valence-corrected chi connectivity index (χ2v) is 4.53. The number of amides is 2. The van der Waals surface area contributed by atoms with Crippen LogP contribution in [0.15, 0.2) is 24.3 Å². The zero-order valence-electron chi connectivity index (χ0n) is 11.4. The fraction of sp³-hybridized carbons (Fsp3) is 0.429. The standard InChI is InChI=1S/C14H22N3O/c1-12-7-5-8-13(11-12)17(14(18)15-2)10-6-9-16(3)4/h5,7-8,11H,1,6,9-10H2,2-4H3,(H,15,18). The summed E-state index contributed by atoms with van der Waals surface area (Å²) in [7, 11) is 5.71. The number of urea groups is 1. The van der Waals surface area contributed by atoms with E-state index in [-0.39, 0.29) is 6.03 Å². The molecule has 0 fully saturated rings. The predicted molar refractivity (Wildman–Crippen MR) is 75.9 cm³/mol. The van der Waals surface area contributed by atoms with E-state index in [1.54, 1.807) is 11.9 Å². The van der Waals surface area contributed by atoms with E-state index < -0.39 is 0 Å². The molecule has 0 aromatic heterocycles. The van der Waals surface area contributed by atoms with Crippen LogP contribution in [0.2, 0.25) is 0 Å². The Morgan fingerprint density at radius 2 is 2.06 bits per heavy atom. The van der Waals surface area contributed by atoms with E-state index in [0.29, 0.717) is 6.54 Å². The number of nitrogens with one attached hydrogen (secondary N) is 1. The minimum Gasteiger partial charge on any atom is -0.341 e. The van der Waals surface area contributed by atoms with Crippen molar-refractivity contribution >= 4 is 11.7 Å². The number of benzene rings is 1. The molecule has 0 aliphatic rings. The lowest BCUT2D eigenvalue weighted by molar-refractivity contribution is 0.247. The summed E-state index contributed by atoms with van der Waals surface area (Å²) in [5, 5.41) is 2.67. The van der Waals surface area contributed by atoms with Gasteiger partial charge in [0.25, 0.3) is 0 Å². The molecule has 0 saturated heterocycles. The van der Waals surface area contributed by atoms with Gasteiger partial charge in [-0.15, -0.1) is 0 Å². The van der Waals surface area contributed by atoms with Gasteiger partial charge in [-0.05, 0) is 51.7 Å². The third kappa shape index (κ3) is 4.37. The first-order valence-electron chi connectivity index (χ1n) is 6.10. The molecular weight excluding hydrogens is 226 g/mol. The summed E-state index contributed by atoms with van der Waals surface area (Å²) in [5.41, 5.74) is 1.80. The lowest BCUT2D eigenvalue weighted by Gasteiger charge is -2.23. The van der Waals surface area contributed by atoms with Crippen molar-refractivity contribution in [2.24, 2.45) is 0 Å². The summed E-state index contributed by atoms with van der Waals surface area (Å²) in [4.78, 5) is 15.7. The highest BCUT2D eigenvalue weighted by Crippen LogP contribution is 2.16. The number of hydrogen-bond donors (Lipinski definition) is 1. The van der Waals surface area contributed by atoms with Crippen molar-refractivity contribution in [1.29, 1.82) is 0 Å². The molecule has 0 aliphatic heterocycles. The SMILES string of the molecule is [CH2]c1cccc(N(CCCN(C)C)C(=O)NC)c1. The van der Waals surface area contributed by atoms with Gasteiger partial charge in [-0.1, -0.05) is 12.1 Å². The molecule has 1 N–H and O–H groups in total. The first-order chi connectivity index (χ1) is 8.54. The molecule has 4 heteroatoms. The van der Waals surface area contributed by atoms with Crippen LogP contribution in [0.25, 0.3) is 0 Å². The molecule has 99 valence electrons. The number of anilines is 1. The smallest absolute Gasteiger partial charge is 0.321 e. The Morgan fingerprint density at radius 1 is 1.33 bits per heavy atom. The van der Waals surface area contributed by atoms with Crippen molar-refractivity contribution in [2.75, 3.05) is 39.1 Å². The van der Waals surface area contributed by atoms with Gasteiger partial charge in [-0.3, -0.25) is 4.90 Å². The lowest BCUT2D eigenvalue weighted by Crippen LogP contribution is -2.39. The normalized spacial score (nSPS) is 10.5. The molecule has 0 atom stereocenters. The third-order valence-corrected chi connectivity index (χ3v) is 2.67. The Hall–Kier alpha value is -1.55. The second kappa shape index (κ2) is 7.01. The van der Waals surface area contributed by atoms with Gasteiger partial charge in [0.2, 0.25) is 0 Å². The van der Waals surface area contributed by atoms with Crippen LogP contribution in [0.3, 0.4) is 0 Å². The maximum Gasteiger partial charge on any atom is 0.321 e. The van der Waals surface area contributed by atoms with Crippen molar-refractivity contribution in [3.05, 3.63) is 36.8 Å². The first kappa shape index (κ1) is 14.5. The molecule has 4 nitrogen and oxygen atoms in total. The van der Waals surface area contributed by atoms with Gasteiger partial charge in [-0.25, -0.2) is 4.79 Å². The highest BCUT2D eigenvalue weighted by Gasteiger charge is 2.13. The second-order valence-electron chi connectivity index (χ2n) is 4.53. The average molecular weight is 248 g/mol. The predicted octanol–water partition coefficient (Wildman–Crippen LogP) is 1.97. The van der Waals surface area contributed by atoms with Crippen LogP contribution in [0.5, 0.6) is 0 Å². The van der Waals surface area contributed by atoms with E-state index in [4.69, 9.17) is 0 Å². The highest BCUT2D eigenvalue weighted by molar-refractivity contribution is 5.91. The maximum atomic E-state index is 11.9. The summed E-state index contributed by atoms with van der Waals surface area (Å²) >= 11 is 0. The number of nitrogens with zero attached hydrogens (tertiary/aromatic N) is 2. The van der Waals surface area contributed by atoms with Gasteiger partial charge in [0.15, 0.2) is 0 Å². The average Bonchev–Trinajstić information content (AvgIpc) is 2.33. The van der Waals surface area contributed by atoms with Gasteiger partial charge >= 0.3 is 6.03 Å². The van der Waals surface area contributed by atoms with Crippen LogP contribution >= 0.6 is 0 Å². The molecule has 2 amide bonds. The van der Waals surface area contributed by atoms with Gasteiger partial charge in [0.05, 0.1) is 0 Å². The topological polar surface area (TPSA) is 35.6 Å². The molecule has 18 heavy (non-hydrogen) atoms. The Morgan fingerprint density at radius 3 is 2.61 bits per heavy atom. The monoisotopic (exact) mass is 248 g/mol. The summed E-state index contributed by atoms with van der Waals surface area (Å²) in [6.45, 7) is 5.54. The van der Waals surface area contributed by atoms with Crippen LogP contribution in [0.1, 0.15) is 12.0 Å². The van der Waals surface area contributed by atoms with Gasteiger partial charge in [0, 0.05) is 19.3 Å². The van der Waals surface area contributed by atoms with Crippen LogP contribution in [-0.2, 0) is 0 Å². The minimum absolute atomic E-state index is 0.0839. The Kier molecular flexibility index (Phi) is 5.65. The molecule has 0 unspecified atom stereocenters. The van der Waals surface area contributed by atoms with Gasteiger partial charge in [-0.2, -0.15) is 0 Å². The van der Waals surface area contributed by atoms with Crippen LogP contribution in [-0.4, -0.2) is 45.2 Å². The Balaban J connectivity index is 2.75. The molecule has 0 heterocycles. The van der Waals surface area contributed by atoms with Crippen molar-refractivity contribution in [3.63, 3.8) is 0 Å². The molecule has 0 aliphatic carbocycles. The third-order valence-electron chi connectivity index (χ3n) is 2.67. The van der Waals surface area contributed by atoms with Crippen molar-refractivity contribution in [2.45, 2.75) is 6.42 Å². The van der Waals surface area contributed by atoms with E-state index in [9.17, 15) is 4.79 Å². The van der Waals surface area contributed by atoms with Crippen molar-refractivity contribution in [1.82, 2.24) is 10.2 Å². The van der Waals surface area contributed by atoms with Crippen LogP contribution in [0.4, 0.5) is 10.5 Å². The molecule has 0 saturated carbocycles. The van der Waals surface area contributed by atoms with E-state index >= 15 is 0 Å². The van der Waals surface area contributed by atoms with Crippen molar-refractivity contribution < 1.29 is 4.79 Å². The minimum atomic E-state index is -0.0839. The number of carbonyl (C=O) groups excluding carboxylic acids is 1.